The Morgan fingerprint density at radius 3 is 2.50 bits per heavy atom. The van der Waals surface area contributed by atoms with Gasteiger partial charge in [-0.15, -0.1) is 0 Å². The molecule has 1 aromatic heterocycles. The summed E-state index contributed by atoms with van der Waals surface area (Å²) in [4.78, 5) is 11.1. The van der Waals surface area contributed by atoms with Crippen molar-refractivity contribution in [2.45, 2.75) is 32.4 Å². The number of hydrogen-bond donors (Lipinski definition) is 1. The third kappa shape index (κ3) is 5.27. The summed E-state index contributed by atoms with van der Waals surface area (Å²) in [7, 11) is 0. The predicted octanol–water partition coefficient (Wildman–Crippen LogP) is 6.40. The monoisotopic (exact) mass is 425 g/mol. The minimum Gasteiger partial charge on any atom is -0.489 e. The number of fused-ring (bicyclic) bond motifs is 1. The number of carbonyl (C=O) groups is 1. The van der Waals surface area contributed by atoms with Crippen LogP contribution in [0, 0.1) is 0 Å². The van der Waals surface area contributed by atoms with Gasteiger partial charge in [-0.2, -0.15) is 0 Å². The van der Waals surface area contributed by atoms with E-state index in [1.165, 1.54) is 16.5 Å². The molecule has 3 aromatic carbocycles. The molecule has 1 N–H and O–H groups in total. The van der Waals surface area contributed by atoms with Crippen molar-refractivity contribution in [2.75, 3.05) is 0 Å². The van der Waals surface area contributed by atoms with Crippen LogP contribution in [0.2, 0.25) is 0 Å². The molecule has 0 aliphatic carbocycles. The highest BCUT2D eigenvalue weighted by Crippen LogP contribution is 2.25. The Morgan fingerprint density at radius 1 is 1.00 bits per heavy atom. The lowest BCUT2D eigenvalue weighted by Crippen LogP contribution is -2.04. The fourth-order valence-corrected chi connectivity index (χ4v) is 3.95. The number of allylic oxidation sites excluding steroid dienone is 2. The van der Waals surface area contributed by atoms with Gasteiger partial charge in [0, 0.05) is 24.2 Å². The molecule has 4 aromatic rings. The van der Waals surface area contributed by atoms with Gasteiger partial charge < -0.3 is 14.4 Å². The molecule has 0 fully saturated rings. The van der Waals surface area contributed by atoms with Crippen molar-refractivity contribution in [1.29, 1.82) is 0 Å². The van der Waals surface area contributed by atoms with Gasteiger partial charge in [-0.3, -0.25) is 4.79 Å². The molecule has 0 aliphatic rings. The van der Waals surface area contributed by atoms with E-state index in [4.69, 9.17) is 9.84 Å². The Bertz CT molecular complexity index is 1210. The van der Waals surface area contributed by atoms with Crippen molar-refractivity contribution in [3.05, 3.63) is 114 Å². The highest BCUT2D eigenvalue weighted by molar-refractivity contribution is 5.81. The molecule has 0 saturated carbocycles. The quantitative estimate of drug-likeness (QED) is 0.316. The molecule has 0 bridgehead atoms. The third-order valence-electron chi connectivity index (χ3n) is 5.56. The molecule has 4 rings (SSSR count). The predicted molar refractivity (Wildman–Crippen MR) is 128 cm³/mol. The Morgan fingerprint density at radius 2 is 1.78 bits per heavy atom. The van der Waals surface area contributed by atoms with Crippen LogP contribution in [0.4, 0.5) is 0 Å². The first-order valence-electron chi connectivity index (χ1n) is 10.8. The molecule has 0 saturated heterocycles. The van der Waals surface area contributed by atoms with Crippen LogP contribution in [0.1, 0.15) is 36.0 Å². The summed E-state index contributed by atoms with van der Waals surface area (Å²) in [5.41, 5.74) is 4.56. The molecular weight excluding hydrogens is 398 g/mol. The van der Waals surface area contributed by atoms with E-state index in [0.717, 1.165) is 23.4 Å². The van der Waals surface area contributed by atoms with Gasteiger partial charge in [0.15, 0.2) is 0 Å². The Kier molecular flexibility index (Phi) is 6.71. The molecule has 0 amide bonds. The minimum absolute atomic E-state index is 0.0779. The number of aromatic nitrogens is 1. The lowest BCUT2D eigenvalue weighted by molar-refractivity contribution is -0.137. The van der Waals surface area contributed by atoms with E-state index in [2.05, 4.69) is 59.3 Å². The molecule has 0 radical (unpaired) electrons. The van der Waals surface area contributed by atoms with E-state index in [1.54, 1.807) is 0 Å². The van der Waals surface area contributed by atoms with Crippen LogP contribution in [0.3, 0.4) is 0 Å². The van der Waals surface area contributed by atoms with E-state index in [0.29, 0.717) is 6.61 Å². The van der Waals surface area contributed by atoms with Gasteiger partial charge in [-0.1, -0.05) is 60.7 Å². The summed E-state index contributed by atoms with van der Waals surface area (Å²) in [5, 5.41) is 10.3. The number of ether oxygens (including phenoxy) is 1. The topological polar surface area (TPSA) is 51.5 Å². The summed E-state index contributed by atoms with van der Waals surface area (Å²) in [5.74, 6) is -0.166. The van der Waals surface area contributed by atoms with Crippen LogP contribution < -0.4 is 4.74 Å². The van der Waals surface area contributed by atoms with E-state index < -0.39 is 5.97 Å². The van der Waals surface area contributed by atoms with Crippen LogP contribution >= 0.6 is 0 Å². The zero-order valence-corrected chi connectivity index (χ0v) is 18.1. The van der Waals surface area contributed by atoms with E-state index in [1.807, 2.05) is 49.4 Å². The van der Waals surface area contributed by atoms with Gasteiger partial charge in [0.05, 0.1) is 6.42 Å². The second kappa shape index (κ2) is 10.0. The van der Waals surface area contributed by atoms with Crippen molar-refractivity contribution in [3.63, 3.8) is 0 Å². The van der Waals surface area contributed by atoms with Gasteiger partial charge in [-0.05, 0) is 59.3 Å². The Labute approximate surface area is 188 Å². The molecular formula is C28H27NO3. The summed E-state index contributed by atoms with van der Waals surface area (Å²) >= 11 is 0. The second-order valence-electron chi connectivity index (χ2n) is 7.91. The molecule has 4 heteroatoms. The summed E-state index contributed by atoms with van der Waals surface area (Å²) in [6.45, 7) is 3.23. The Balaban J connectivity index is 1.41. The van der Waals surface area contributed by atoms with Gasteiger partial charge >= 0.3 is 5.97 Å². The zero-order chi connectivity index (χ0) is 22.3. The average molecular weight is 426 g/mol. The molecule has 0 unspecified atom stereocenters. The molecule has 0 spiro atoms. The van der Waals surface area contributed by atoms with Crippen molar-refractivity contribution in [3.8, 4) is 5.75 Å². The van der Waals surface area contributed by atoms with E-state index in [-0.39, 0.29) is 12.3 Å². The molecule has 0 aliphatic heterocycles. The maximum Gasteiger partial charge on any atom is 0.304 e. The third-order valence-corrected chi connectivity index (χ3v) is 5.56. The lowest BCUT2D eigenvalue weighted by atomic mass is 9.95. The van der Waals surface area contributed by atoms with Crippen molar-refractivity contribution in [2.24, 2.45) is 0 Å². The summed E-state index contributed by atoms with van der Waals surface area (Å²) in [6, 6.07) is 26.7. The van der Waals surface area contributed by atoms with Crippen molar-refractivity contribution in [1.82, 2.24) is 4.57 Å². The SMILES string of the molecule is CC=C[C@H](CC(=O)O)c1ccc(OCc2ccc3c(ccn3Cc3ccccc3)c2)cc1. The number of benzene rings is 3. The fraction of sp³-hybridized carbons (Fsp3) is 0.179. The van der Waals surface area contributed by atoms with Crippen molar-refractivity contribution >= 4 is 16.9 Å². The fourth-order valence-electron chi connectivity index (χ4n) is 3.95. The Hall–Kier alpha value is -3.79. The molecule has 1 atom stereocenters. The van der Waals surface area contributed by atoms with Crippen LogP contribution in [0.5, 0.6) is 5.75 Å². The highest BCUT2D eigenvalue weighted by atomic mass is 16.5. The highest BCUT2D eigenvalue weighted by Gasteiger charge is 2.12. The molecule has 1 heterocycles. The number of carboxylic acids is 1. The van der Waals surface area contributed by atoms with Crippen LogP contribution in [0.15, 0.2) is 97.2 Å². The van der Waals surface area contributed by atoms with E-state index >= 15 is 0 Å². The maximum absolute atomic E-state index is 11.1. The van der Waals surface area contributed by atoms with Gasteiger partial charge in [0.1, 0.15) is 12.4 Å². The number of hydrogen-bond acceptors (Lipinski definition) is 2. The number of rotatable bonds is 9. The van der Waals surface area contributed by atoms with Gasteiger partial charge in [-0.25, -0.2) is 0 Å². The molecule has 162 valence electrons. The van der Waals surface area contributed by atoms with Crippen LogP contribution in [-0.4, -0.2) is 15.6 Å². The van der Waals surface area contributed by atoms with Crippen LogP contribution in [0.25, 0.3) is 10.9 Å². The van der Waals surface area contributed by atoms with E-state index in [9.17, 15) is 4.79 Å². The number of nitrogens with zero attached hydrogens (tertiary/aromatic N) is 1. The summed E-state index contributed by atoms with van der Waals surface area (Å²) < 4.78 is 8.23. The van der Waals surface area contributed by atoms with Crippen LogP contribution in [-0.2, 0) is 17.9 Å². The first-order chi connectivity index (χ1) is 15.6. The normalized spacial score (nSPS) is 12.3. The van der Waals surface area contributed by atoms with Gasteiger partial charge in [0.25, 0.3) is 0 Å². The first kappa shape index (κ1) is 21.4. The largest absolute Gasteiger partial charge is 0.489 e. The zero-order valence-electron chi connectivity index (χ0n) is 18.1. The number of aliphatic carboxylic acids is 1. The van der Waals surface area contributed by atoms with Gasteiger partial charge in [0.2, 0.25) is 0 Å². The smallest absolute Gasteiger partial charge is 0.304 e. The first-order valence-corrected chi connectivity index (χ1v) is 10.8. The lowest BCUT2D eigenvalue weighted by Gasteiger charge is -2.12. The number of carboxylic acid groups (broad SMARTS) is 1. The summed E-state index contributed by atoms with van der Waals surface area (Å²) in [6.07, 6.45) is 6.01. The molecule has 32 heavy (non-hydrogen) atoms. The minimum atomic E-state index is -0.804. The van der Waals surface area contributed by atoms with Crippen molar-refractivity contribution < 1.29 is 14.6 Å². The average Bonchev–Trinajstić information content (AvgIpc) is 3.20. The molecule has 4 nitrogen and oxygen atoms in total. The maximum atomic E-state index is 11.1. The second-order valence-corrected chi connectivity index (χ2v) is 7.91. The standard InChI is InChI=1S/C28H27NO3/c1-2-6-24(18-28(30)31)23-10-12-26(13-11-23)32-20-22-9-14-27-25(17-22)15-16-29(27)19-21-7-4-3-5-8-21/h2-17,24H,18-20H2,1H3,(H,30,31)/t24-/m1/s1.